The van der Waals surface area contributed by atoms with Crippen LogP contribution < -0.4 is 10.5 Å². The van der Waals surface area contributed by atoms with Crippen molar-refractivity contribution in [3.05, 3.63) is 29.8 Å². The summed E-state index contributed by atoms with van der Waals surface area (Å²) in [7, 11) is 0. The van der Waals surface area contributed by atoms with Gasteiger partial charge in [-0.15, -0.1) is 0 Å². The van der Waals surface area contributed by atoms with Gasteiger partial charge in [0, 0.05) is 6.04 Å². The highest BCUT2D eigenvalue weighted by Crippen LogP contribution is 2.20. The Labute approximate surface area is 84.5 Å². The molecule has 0 aliphatic carbocycles. The van der Waals surface area contributed by atoms with Crippen LogP contribution in [0.5, 0.6) is 5.75 Å². The predicted molar refractivity (Wildman–Crippen MR) is 56.2 cm³/mol. The Hall–Kier alpha value is -1.06. The molecule has 0 fully saturated rings. The third-order valence-corrected chi connectivity index (χ3v) is 2.01. The summed E-state index contributed by atoms with van der Waals surface area (Å²) in [6.07, 6.45) is -0.629. The van der Waals surface area contributed by atoms with Gasteiger partial charge >= 0.3 is 0 Å². The van der Waals surface area contributed by atoms with Crippen LogP contribution in [0.3, 0.4) is 0 Å². The molecule has 0 aliphatic heterocycles. The Kier molecular flexibility index (Phi) is 3.92. The van der Waals surface area contributed by atoms with Gasteiger partial charge < -0.3 is 15.6 Å². The molecule has 0 aliphatic rings. The zero-order valence-corrected chi connectivity index (χ0v) is 8.60. The van der Waals surface area contributed by atoms with Crippen molar-refractivity contribution in [1.82, 2.24) is 0 Å². The van der Waals surface area contributed by atoms with E-state index in [0.717, 1.165) is 11.3 Å². The van der Waals surface area contributed by atoms with Gasteiger partial charge in [0.05, 0.1) is 12.7 Å². The minimum atomic E-state index is -0.629. The van der Waals surface area contributed by atoms with Crippen molar-refractivity contribution in [1.29, 1.82) is 0 Å². The highest BCUT2D eigenvalue weighted by molar-refractivity contribution is 5.30. The normalized spacial score (nSPS) is 14.9. The van der Waals surface area contributed by atoms with Crippen LogP contribution in [0.15, 0.2) is 24.3 Å². The van der Waals surface area contributed by atoms with Crippen LogP contribution in [-0.4, -0.2) is 17.8 Å². The largest absolute Gasteiger partial charge is 0.494 e. The molecule has 0 bridgehead atoms. The standard InChI is InChI=1S/C11H17NO2/c1-3-14-10-6-4-5-9(7-10)11(13)8(2)12/h4-8,11,13H,3,12H2,1-2H3/t8-,11-/m1/s1. The summed E-state index contributed by atoms with van der Waals surface area (Å²) in [5.41, 5.74) is 6.40. The third-order valence-electron chi connectivity index (χ3n) is 2.01. The first-order valence-electron chi connectivity index (χ1n) is 4.81. The molecule has 0 unspecified atom stereocenters. The molecule has 3 heteroatoms. The smallest absolute Gasteiger partial charge is 0.119 e. The van der Waals surface area contributed by atoms with E-state index in [1.807, 2.05) is 31.2 Å². The maximum Gasteiger partial charge on any atom is 0.119 e. The first-order chi connectivity index (χ1) is 6.65. The molecule has 1 aromatic carbocycles. The average Bonchev–Trinajstić information content (AvgIpc) is 2.17. The van der Waals surface area contributed by atoms with Gasteiger partial charge in [0.1, 0.15) is 5.75 Å². The zero-order valence-electron chi connectivity index (χ0n) is 8.60. The molecule has 0 heterocycles. The molecule has 0 aromatic heterocycles. The Balaban J connectivity index is 2.82. The van der Waals surface area contributed by atoms with Crippen LogP contribution in [0.4, 0.5) is 0 Å². The second-order valence-corrected chi connectivity index (χ2v) is 3.31. The van der Waals surface area contributed by atoms with Crippen LogP contribution in [-0.2, 0) is 0 Å². The monoisotopic (exact) mass is 195 g/mol. The lowest BCUT2D eigenvalue weighted by Gasteiger charge is -2.15. The van der Waals surface area contributed by atoms with E-state index in [1.165, 1.54) is 0 Å². The summed E-state index contributed by atoms with van der Waals surface area (Å²) in [5, 5.41) is 9.71. The van der Waals surface area contributed by atoms with E-state index in [2.05, 4.69) is 0 Å². The lowest BCUT2D eigenvalue weighted by atomic mass is 10.0. The average molecular weight is 195 g/mol. The predicted octanol–water partition coefficient (Wildman–Crippen LogP) is 1.47. The number of nitrogens with two attached hydrogens (primary N) is 1. The molecule has 78 valence electrons. The first-order valence-corrected chi connectivity index (χ1v) is 4.81. The SMILES string of the molecule is CCOc1cccc([C@H](O)[C@@H](C)N)c1. The minimum Gasteiger partial charge on any atom is -0.494 e. The highest BCUT2D eigenvalue weighted by atomic mass is 16.5. The number of hydrogen-bond acceptors (Lipinski definition) is 3. The maximum absolute atomic E-state index is 9.71. The van der Waals surface area contributed by atoms with Crippen molar-refractivity contribution < 1.29 is 9.84 Å². The molecule has 3 nitrogen and oxygen atoms in total. The molecule has 2 atom stereocenters. The summed E-state index contributed by atoms with van der Waals surface area (Å²) < 4.78 is 5.32. The van der Waals surface area contributed by atoms with Gasteiger partial charge in [-0.2, -0.15) is 0 Å². The summed E-state index contributed by atoms with van der Waals surface area (Å²) in [6.45, 7) is 4.32. The number of ether oxygens (including phenoxy) is 1. The molecular weight excluding hydrogens is 178 g/mol. The fourth-order valence-corrected chi connectivity index (χ4v) is 1.26. The van der Waals surface area contributed by atoms with Gasteiger partial charge in [-0.1, -0.05) is 12.1 Å². The lowest BCUT2D eigenvalue weighted by Crippen LogP contribution is -2.24. The van der Waals surface area contributed by atoms with Gasteiger partial charge in [0.15, 0.2) is 0 Å². The van der Waals surface area contributed by atoms with Gasteiger partial charge in [-0.05, 0) is 31.5 Å². The van der Waals surface area contributed by atoms with Gasteiger partial charge in [0.2, 0.25) is 0 Å². The number of rotatable bonds is 4. The molecular formula is C11H17NO2. The van der Waals surface area contributed by atoms with Crippen molar-refractivity contribution >= 4 is 0 Å². The summed E-state index contributed by atoms with van der Waals surface area (Å²) >= 11 is 0. The van der Waals surface area contributed by atoms with Crippen LogP contribution in [0.25, 0.3) is 0 Å². The Morgan fingerprint density at radius 1 is 1.50 bits per heavy atom. The van der Waals surface area contributed by atoms with Crippen LogP contribution in [0.2, 0.25) is 0 Å². The van der Waals surface area contributed by atoms with Gasteiger partial charge in [-0.3, -0.25) is 0 Å². The number of aliphatic hydroxyl groups is 1. The minimum absolute atomic E-state index is 0.271. The molecule has 14 heavy (non-hydrogen) atoms. The van der Waals surface area contributed by atoms with Gasteiger partial charge in [-0.25, -0.2) is 0 Å². The summed E-state index contributed by atoms with van der Waals surface area (Å²) in [6, 6.07) is 7.10. The van der Waals surface area contributed by atoms with Crippen LogP contribution >= 0.6 is 0 Å². The van der Waals surface area contributed by atoms with Crippen molar-refractivity contribution in [2.75, 3.05) is 6.61 Å². The van der Waals surface area contributed by atoms with Crippen molar-refractivity contribution in [3.8, 4) is 5.75 Å². The van der Waals surface area contributed by atoms with E-state index in [0.29, 0.717) is 6.61 Å². The van der Waals surface area contributed by atoms with E-state index < -0.39 is 6.10 Å². The number of hydrogen-bond donors (Lipinski definition) is 2. The van der Waals surface area contributed by atoms with Crippen molar-refractivity contribution in [2.45, 2.75) is 26.0 Å². The van der Waals surface area contributed by atoms with E-state index >= 15 is 0 Å². The highest BCUT2D eigenvalue weighted by Gasteiger charge is 2.12. The third kappa shape index (κ3) is 2.72. The maximum atomic E-state index is 9.71. The molecule has 0 radical (unpaired) electrons. The molecule has 0 saturated heterocycles. The molecule has 0 saturated carbocycles. The summed E-state index contributed by atoms with van der Waals surface area (Å²) in [4.78, 5) is 0. The second kappa shape index (κ2) is 4.98. The van der Waals surface area contributed by atoms with E-state index in [4.69, 9.17) is 10.5 Å². The van der Waals surface area contributed by atoms with Crippen LogP contribution in [0, 0.1) is 0 Å². The zero-order chi connectivity index (χ0) is 10.6. The number of aliphatic hydroxyl groups excluding tert-OH is 1. The quantitative estimate of drug-likeness (QED) is 0.764. The van der Waals surface area contributed by atoms with Crippen molar-refractivity contribution in [3.63, 3.8) is 0 Å². The Morgan fingerprint density at radius 3 is 2.79 bits per heavy atom. The van der Waals surface area contributed by atoms with E-state index in [9.17, 15) is 5.11 Å². The summed E-state index contributed by atoms with van der Waals surface area (Å²) in [5.74, 6) is 0.768. The fraction of sp³-hybridized carbons (Fsp3) is 0.455. The lowest BCUT2D eigenvalue weighted by molar-refractivity contribution is 0.153. The second-order valence-electron chi connectivity index (χ2n) is 3.31. The van der Waals surface area contributed by atoms with Gasteiger partial charge in [0.25, 0.3) is 0 Å². The first kappa shape index (κ1) is 11.0. The topological polar surface area (TPSA) is 55.5 Å². The van der Waals surface area contributed by atoms with Crippen LogP contribution in [0.1, 0.15) is 25.5 Å². The Morgan fingerprint density at radius 2 is 2.21 bits per heavy atom. The molecule has 0 spiro atoms. The molecule has 1 rings (SSSR count). The van der Waals surface area contributed by atoms with E-state index in [-0.39, 0.29) is 6.04 Å². The number of benzene rings is 1. The molecule has 3 N–H and O–H groups in total. The molecule has 0 amide bonds. The van der Waals surface area contributed by atoms with Crippen molar-refractivity contribution in [2.24, 2.45) is 5.73 Å². The molecule has 1 aromatic rings. The van der Waals surface area contributed by atoms with E-state index in [1.54, 1.807) is 6.92 Å². The Bertz CT molecular complexity index is 286. The fourth-order valence-electron chi connectivity index (χ4n) is 1.26.